The van der Waals surface area contributed by atoms with E-state index in [0.717, 1.165) is 22.0 Å². The third-order valence-corrected chi connectivity index (χ3v) is 5.19. The fourth-order valence-corrected chi connectivity index (χ4v) is 3.73. The monoisotopic (exact) mass is 375 g/mol. The molecule has 1 aromatic heterocycles. The molecule has 2 aromatic carbocycles. The van der Waals surface area contributed by atoms with Crippen LogP contribution in [-0.2, 0) is 22.7 Å². The van der Waals surface area contributed by atoms with E-state index in [0.29, 0.717) is 6.54 Å². The average molecular weight is 375 g/mol. The molecule has 1 saturated heterocycles. The van der Waals surface area contributed by atoms with Crippen LogP contribution in [0.1, 0.15) is 17.5 Å². The molecule has 6 nitrogen and oxygen atoms in total. The summed E-state index contributed by atoms with van der Waals surface area (Å²) in [6.45, 7) is 0.698. The Hall–Kier alpha value is -3.25. The molecule has 1 aliphatic heterocycles. The lowest BCUT2D eigenvalue weighted by Crippen LogP contribution is -2.39. The highest BCUT2D eigenvalue weighted by Crippen LogP contribution is 2.23. The minimum atomic E-state index is -0.519. The zero-order chi connectivity index (χ0) is 19.7. The molecular weight excluding hydrogens is 354 g/mol. The van der Waals surface area contributed by atoms with Gasteiger partial charge in [0.25, 0.3) is 0 Å². The number of nitrogens with one attached hydrogen (secondary N) is 1. The molecule has 0 saturated carbocycles. The third-order valence-electron chi connectivity index (χ3n) is 5.19. The lowest BCUT2D eigenvalue weighted by Gasteiger charge is -2.23. The Morgan fingerprint density at radius 3 is 2.54 bits per heavy atom. The van der Waals surface area contributed by atoms with Crippen LogP contribution in [0.3, 0.4) is 0 Å². The largest absolute Gasteiger partial charge is 0.322 e. The third kappa shape index (κ3) is 3.46. The smallest absolute Gasteiger partial charge is 0.248 e. The number of amides is 2. The molecule has 6 heteroatoms. The van der Waals surface area contributed by atoms with Crippen molar-refractivity contribution in [3.8, 4) is 0 Å². The Kier molecular flexibility index (Phi) is 4.79. The summed E-state index contributed by atoms with van der Waals surface area (Å²) in [5.41, 5.74) is 2.34. The predicted molar refractivity (Wildman–Crippen MR) is 106 cm³/mol. The molecule has 4 rings (SSSR count). The van der Waals surface area contributed by atoms with Crippen LogP contribution in [0, 0.1) is 0 Å². The van der Waals surface area contributed by atoms with Gasteiger partial charge in [0.15, 0.2) is 0 Å². The predicted octanol–water partition coefficient (Wildman–Crippen LogP) is 2.29. The number of rotatable bonds is 5. The van der Waals surface area contributed by atoms with Crippen LogP contribution in [0.15, 0.2) is 65.5 Å². The maximum Gasteiger partial charge on any atom is 0.248 e. The molecular formula is C22H21N3O3. The number of pyridine rings is 1. The van der Waals surface area contributed by atoms with E-state index in [-0.39, 0.29) is 30.3 Å². The molecule has 1 N–H and O–H groups in total. The van der Waals surface area contributed by atoms with Crippen molar-refractivity contribution < 1.29 is 9.59 Å². The first-order chi connectivity index (χ1) is 13.5. The molecule has 28 heavy (non-hydrogen) atoms. The van der Waals surface area contributed by atoms with E-state index < -0.39 is 6.04 Å². The number of aromatic nitrogens is 1. The van der Waals surface area contributed by atoms with E-state index in [1.807, 2.05) is 66.5 Å². The minimum absolute atomic E-state index is 0.156. The van der Waals surface area contributed by atoms with Crippen LogP contribution < -0.4 is 5.56 Å². The van der Waals surface area contributed by atoms with E-state index in [4.69, 9.17) is 0 Å². The highest BCUT2D eigenvalue weighted by molar-refractivity contribution is 6.05. The molecule has 2 amide bonds. The van der Waals surface area contributed by atoms with Crippen molar-refractivity contribution in [2.45, 2.75) is 25.6 Å². The van der Waals surface area contributed by atoms with Crippen LogP contribution in [0.25, 0.3) is 10.9 Å². The second-order valence-corrected chi connectivity index (χ2v) is 7.14. The number of likely N-dealkylation sites (N-methyl/N-ethyl adjacent to an activating group) is 1. The van der Waals surface area contributed by atoms with Crippen molar-refractivity contribution in [3.63, 3.8) is 0 Å². The molecule has 1 fully saturated rings. The van der Waals surface area contributed by atoms with E-state index in [1.165, 1.54) is 4.90 Å². The van der Waals surface area contributed by atoms with Crippen molar-refractivity contribution in [2.75, 3.05) is 7.05 Å². The lowest BCUT2D eigenvalue weighted by atomic mass is 10.1. The van der Waals surface area contributed by atoms with Gasteiger partial charge in [0.2, 0.25) is 17.4 Å². The number of aromatic amines is 1. The molecule has 0 unspecified atom stereocenters. The maximum atomic E-state index is 12.9. The summed E-state index contributed by atoms with van der Waals surface area (Å²) in [4.78, 5) is 43.3. The Morgan fingerprint density at radius 1 is 1.04 bits per heavy atom. The highest BCUT2D eigenvalue weighted by atomic mass is 16.2. The van der Waals surface area contributed by atoms with Gasteiger partial charge in [-0.2, -0.15) is 0 Å². The van der Waals surface area contributed by atoms with Crippen molar-refractivity contribution in [2.24, 2.45) is 0 Å². The van der Waals surface area contributed by atoms with Crippen molar-refractivity contribution in [3.05, 3.63) is 82.1 Å². The molecule has 0 bridgehead atoms. The fraction of sp³-hybridized carbons (Fsp3) is 0.227. The number of hydrogen-bond donors (Lipinski definition) is 1. The van der Waals surface area contributed by atoms with Crippen molar-refractivity contribution >= 4 is 22.7 Å². The van der Waals surface area contributed by atoms with Crippen LogP contribution in [0.2, 0.25) is 0 Å². The number of likely N-dealkylation sites (tertiary alicyclic amines) is 1. The Bertz CT molecular complexity index is 1090. The number of carbonyl (C=O) groups excluding carboxylic acids is 2. The first kappa shape index (κ1) is 18.1. The Labute approximate surface area is 162 Å². The van der Waals surface area contributed by atoms with Crippen molar-refractivity contribution in [1.29, 1.82) is 0 Å². The molecule has 1 aliphatic rings. The van der Waals surface area contributed by atoms with Gasteiger partial charge in [0, 0.05) is 23.5 Å². The second-order valence-electron chi connectivity index (χ2n) is 7.14. The van der Waals surface area contributed by atoms with E-state index >= 15 is 0 Å². The molecule has 0 radical (unpaired) electrons. The minimum Gasteiger partial charge on any atom is -0.322 e. The molecule has 142 valence electrons. The number of para-hydroxylation sites is 1. The summed E-state index contributed by atoms with van der Waals surface area (Å²) in [6, 6.07) is 18.1. The second kappa shape index (κ2) is 7.40. The quantitative estimate of drug-likeness (QED) is 0.695. The van der Waals surface area contributed by atoms with Gasteiger partial charge < -0.3 is 4.98 Å². The number of nitrogens with zero attached hydrogens (tertiary/aromatic N) is 2. The summed E-state index contributed by atoms with van der Waals surface area (Å²) >= 11 is 0. The Balaban J connectivity index is 1.54. The maximum absolute atomic E-state index is 12.9. The standard InChI is InChI=1S/C22H21N3O3/c1-24(14-16-11-20(26)23-18-10-6-5-9-17(16)18)19-12-21(27)25(22(19)28)13-15-7-3-2-4-8-15/h2-11,19H,12-14H2,1H3,(H,23,26)/t19-/m1/s1. The van der Waals surface area contributed by atoms with Crippen molar-refractivity contribution in [1.82, 2.24) is 14.8 Å². The molecule has 2 heterocycles. The number of fused-ring (bicyclic) bond motifs is 1. The summed E-state index contributed by atoms with van der Waals surface area (Å²) < 4.78 is 0. The number of hydrogen-bond acceptors (Lipinski definition) is 4. The van der Waals surface area contributed by atoms with Gasteiger partial charge in [-0.3, -0.25) is 24.2 Å². The molecule has 0 spiro atoms. The van der Waals surface area contributed by atoms with E-state index in [1.54, 1.807) is 6.07 Å². The first-order valence-electron chi connectivity index (χ1n) is 9.22. The van der Waals surface area contributed by atoms with Gasteiger partial charge in [-0.1, -0.05) is 48.5 Å². The number of H-pyrrole nitrogens is 1. The van der Waals surface area contributed by atoms with Gasteiger partial charge in [0.1, 0.15) is 0 Å². The summed E-state index contributed by atoms with van der Waals surface area (Å²) in [6.07, 6.45) is 0.156. The van der Waals surface area contributed by atoms with Gasteiger partial charge >= 0.3 is 0 Å². The fourth-order valence-electron chi connectivity index (χ4n) is 3.73. The van der Waals surface area contributed by atoms with Crippen LogP contribution in [0.5, 0.6) is 0 Å². The number of imide groups is 1. The zero-order valence-electron chi connectivity index (χ0n) is 15.6. The summed E-state index contributed by atoms with van der Waals surface area (Å²) in [7, 11) is 1.82. The Morgan fingerprint density at radius 2 is 1.75 bits per heavy atom. The zero-order valence-corrected chi connectivity index (χ0v) is 15.6. The summed E-state index contributed by atoms with van der Waals surface area (Å²) in [5.74, 6) is -0.355. The van der Waals surface area contributed by atoms with Crippen LogP contribution >= 0.6 is 0 Å². The van der Waals surface area contributed by atoms with Gasteiger partial charge in [0.05, 0.1) is 19.0 Å². The lowest BCUT2D eigenvalue weighted by molar-refractivity contribution is -0.140. The van der Waals surface area contributed by atoms with Gasteiger partial charge in [-0.05, 0) is 24.2 Å². The normalized spacial score (nSPS) is 17.1. The SMILES string of the molecule is CN(Cc1cc(=O)[nH]c2ccccc12)[C@@H]1CC(=O)N(Cc2ccccc2)C1=O. The molecule has 3 aromatic rings. The average Bonchev–Trinajstić information content (AvgIpc) is 2.97. The number of benzene rings is 2. The van der Waals surface area contributed by atoms with Crippen LogP contribution in [0.4, 0.5) is 0 Å². The topological polar surface area (TPSA) is 73.5 Å². The van der Waals surface area contributed by atoms with Gasteiger partial charge in [-0.25, -0.2) is 0 Å². The molecule has 0 aliphatic carbocycles. The number of carbonyl (C=O) groups is 2. The van der Waals surface area contributed by atoms with Crippen LogP contribution in [-0.4, -0.2) is 39.7 Å². The highest BCUT2D eigenvalue weighted by Gasteiger charge is 2.40. The summed E-state index contributed by atoms with van der Waals surface area (Å²) in [5, 5.41) is 0.937. The van der Waals surface area contributed by atoms with E-state index in [2.05, 4.69) is 4.98 Å². The first-order valence-corrected chi connectivity index (χ1v) is 9.22. The molecule has 1 atom stereocenters. The van der Waals surface area contributed by atoms with E-state index in [9.17, 15) is 14.4 Å². The van der Waals surface area contributed by atoms with Gasteiger partial charge in [-0.15, -0.1) is 0 Å².